The Kier molecular flexibility index (Phi) is 35.4. The highest BCUT2D eigenvalue weighted by Crippen LogP contribution is 2.53. The Labute approximate surface area is 905 Å². The van der Waals surface area contributed by atoms with E-state index in [1.807, 2.05) is 12.1 Å². The number of amides is 1. The summed E-state index contributed by atoms with van der Waals surface area (Å²) in [6.45, 7) is 74.8. The zero-order valence-electron chi connectivity index (χ0n) is 96.1. The standard InChI is InChI=1S/C143H166N2O4S/c1-80(2)117-42-34-43-118(81(3)4)134(117)108-65-104(66-109(75-108)135-119(82(5)6)44-35-45-120(135)83(7)8)98-58-96(59-99(62-98)105-67-110(136-121(84(9)10)46-36-47-122(136)85(11)12)76-111(68-105)137-123(86(13)14)48-37-49-124(137)87(15)16)102-64-103(74-116(73-102)142(146)144-133(79-150-145-148)143(147)149-33)97-60-100(106-69-112(138-125(88(17)18)50-38-51-126(138)89(19)20)77-113(70-106)139-127(90(21)22)52-39-53-128(139)91(23)24)63-101(61-97)107-71-114(140-129(92(25)26)54-40-55-130(140)93(27)28)78-115(72-107)141-131(94(29)30)56-41-57-132(141)95(31)32/h34-78,80-95,133,145,148H,79H2,1-33H3,(H,144,146)/t133-/m0/s1. The Morgan fingerprint density at radius 2 is 0.327 bits per heavy atom. The molecule has 6 nitrogen and oxygen atoms in total. The van der Waals surface area contributed by atoms with Gasteiger partial charge in [0.25, 0.3) is 5.91 Å². The van der Waals surface area contributed by atoms with E-state index in [9.17, 15) is 10.0 Å². The van der Waals surface area contributed by atoms with Crippen molar-refractivity contribution in [2.75, 3.05) is 12.9 Å². The van der Waals surface area contributed by atoms with Gasteiger partial charge in [-0.3, -0.25) is 4.79 Å². The number of hydrogen-bond donors (Lipinski definition) is 3. The van der Waals surface area contributed by atoms with E-state index in [0.717, 1.165) is 123 Å². The highest BCUT2D eigenvalue weighted by molar-refractivity contribution is 7.97. The van der Waals surface area contributed by atoms with Gasteiger partial charge in [-0.05, 0) is 467 Å². The van der Waals surface area contributed by atoms with Gasteiger partial charge in [0.05, 0.1) is 7.11 Å². The minimum absolute atomic E-state index is 0.0368. The molecule has 0 aromatic heterocycles. The molecule has 0 heterocycles. The second-order valence-electron chi connectivity index (χ2n) is 47.5. The number of benzene rings is 15. The SMILES string of the molecule is COC(=O)[C@H](CSNO)NC(=O)c1cc(-c2cc(-c3cc(-c4c(C(C)C)cccc4C(C)C)cc(-c4c(C(C)C)cccc4C(C)C)c3)cc(-c3cc(-c4c(C(C)C)cccc4C(C)C)cc(-c4c(C(C)C)cccc4C(C)C)c3)c2)cc(-c2cc(-c3cc(-c4c(C(C)C)cccc4C(C)C)cc(-c4c(C(C)C)cccc4C(C)C)c3)cc(-c3cc(-c4c(C(C)C)cccc4C(C)C)cc(-c4c(C(C)C)cccc4C(C)C)c3)c2)c1. The van der Waals surface area contributed by atoms with Crippen LogP contribution in [0.25, 0.3) is 156 Å². The van der Waals surface area contributed by atoms with Gasteiger partial charge in [0, 0.05) is 11.3 Å². The summed E-state index contributed by atoms with van der Waals surface area (Å²) in [5.74, 6) is 2.01. The number of methoxy groups -OCH3 is 1. The maximum Gasteiger partial charge on any atom is 0.329 e. The van der Waals surface area contributed by atoms with Crippen LogP contribution in [0.4, 0.5) is 0 Å². The molecule has 0 fully saturated rings. The van der Waals surface area contributed by atoms with Gasteiger partial charge < -0.3 is 15.3 Å². The predicted octanol–water partition coefficient (Wildman–Crippen LogP) is 41.9. The zero-order chi connectivity index (χ0) is 108. The van der Waals surface area contributed by atoms with Gasteiger partial charge in [0.2, 0.25) is 0 Å². The molecule has 1 atom stereocenters. The molecule has 15 aromatic carbocycles. The van der Waals surface area contributed by atoms with Gasteiger partial charge in [-0.15, -0.1) is 4.89 Å². The lowest BCUT2D eigenvalue weighted by Gasteiger charge is -2.25. The summed E-state index contributed by atoms with van der Waals surface area (Å²) in [6.07, 6.45) is 0. The number of esters is 1. The average Bonchev–Trinajstić information content (AvgIpc) is 0.752. The van der Waals surface area contributed by atoms with Crippen LogP contribution in [0.1, 0.15) is 416 Å². The molecule has 0 radical (unpaired) electrons. The van der Waals surface area contributed by atoms with E-state index in [-0.39, 0.29) is 100 Å². The highest BCUT2D eigenvalue weighted by Gasteiger charge is 2.32. The van der Waals surface area contributed by atoms with Crippen molar-refractivity contribution in [3.8, 4) is 156 Å². The fourth-order valence-corrected chi connectivity index (χ4v) is 23.9. The largest absolute Gasteiger partial charge is 0.467 e. The lowest BCUT2D eigenvalue weighted by Crippen LogP contribution is -2.43. The third-order valence-corrected chi connectivity index (χ3v) is 31.8. The van der Waals surface area contributed by atoms with Gasteiger partial charge in [0.15, 0.2) is 0 Å². The zero-order valence-corrected chi connectivity index (χ0v) is 96.9. The van der Waals surface area contributed by atoms with Crippen LogP contribution in [0.2, 0.25) is 0 Å². The Morgan fingerprint density at radius 1 is 0.207 bits per heavy atom. The van der Waals surface area contributed by atoms with Crippen LogP contribution in [0, 0.1) is 0 Å². The Hall–Kier alpha value is -12.5. The molecule has 0 spiro atoms. The summed E-state index contributed by atoms with van der Waals surface area (Å²) in [4.78, 5) is 33.4. The monoisotopic (exact) mass is 2010 g/mol. The van der Waals surface area contributed by atoms with Crippen LogP contribution in [0.15, 0.2) is 273 Å². The van der Waals surface area contributed by atoms with Gasteiger partial charge in [0.1, 0.15) is 6.04 Å². The summed E-state index contributed by atoms with van der Waals surface area (Å²) in [5, 5.41) is 13.6. The van der Waals surface area contributed by atoms with Gasteiger partial charge in [-0.2, -0.15) is 0 Å². The van der Waals surface area contributed by atoms with E-state index in [1.165, 1.54) is 141 Å². The number of hydrogen-bond acceptors (Lipinski definition) is 6. The summed E-state index contributed by atoms with van der Waals surface area (Å²) in [5.41, 5.74) is 52.0. The van der Waals surface area contributed by atoms with Crippen molar-refractivity contribution in [2.24, 2.45) is 0 Å². The van der Waals surface area contributed by atoms with Crippen molar-refractivity contribution in [1.29, 1.82) is 0 Å². The van der Waals surface area contributed by atoms with Crippen LogP contribution in [0.3, 0.4) is 0 Å². The minimum atomic E-state index is -1.18. The van der Waals surface area contributed by atoms with Crippen molar-refractivity contribution >= 4 is 23.8 Å². The first-order valence-electron chi connectivity index (χ1n) is 55.9. The van der Waals surface area contributed by atoms with Gasteiger partial charge in [-0.25, -0.2) is 4.79 Å². The Balaban J connectivity index is 1.17. The first kappa shape index (κ1) is 112. The maximum atomic E-state index is 16.7. The summed E-state index contributed by atoms with van der Waals surface area (Å²) < 4.78 is 5.56. The van der Waals surface area contributed by atoms with Crippen LogP contribution in [0.5, 0.6) is 0 Å². The first-order valence-corrected chi connectivity index (χ1v) is 56.9. The quantitative estimate of drug-likeness (QED) is 0.0206. The third kappa shape index (κ3) is 23.7. The molecule has 0 aliphatic rings. The van der Waals surface area contributed by atoms with Crippen molar-refractivity contribution in [3.63, 3.8) is 0 Å². The number of carbonyl (C=O) groups excluding carboxylic acids is 2. The van der Waals surface area contributed by atoms with Crippen LogP contribution in [-0.2, 0) is 9.53 Å². The van der Waals surface area contributed by atoms with Crippen molar-refractivity contribution in [3.05, 3.63) is 368 Å². The fourth-order valence-electron chi connectivity index (χ4n) is 23.4. The lowest BCUT2D eigenvalue weighted by molar-refractivity contribution is -0.142. The normalized spacial score (nSPS) is 12.3. The molecule has 15 aromatic rings. The number of nitrogens with one attached hydrogen (secondary N) is 2. The Morgan fingerprint density at radius 3 is 0.447 bits per heavy atom. The van der Waals surface area contributed by atoms with E-state index < -0.39 is 17.9 Å². The third-order valence-electron chi connectivity index (χ3n) is 31.2. The first-order chi connectivity index (χ1) is 71.4. The van der Waals surface area contributed by atoms with Crippen LogP contribution >= 0.6 is 11.9 Å². The molecule has 778 valence electrons. The van der Waals surface area contributed by atoms with Crippen molar-refractivity contribution in [2.45, 2.75) is 322 Å². The summed E-state index contributed by atoms with van der Waals surface area (Å²) in [6, 6.07) is 105. The molecule has 3 N–H and O–H groups in total. The minimum Gasteiger partial charge on any atom is -0.467 e. The second kappa shape index (κ2) is 47.6. The number of rotatable bonds is 36. The molecule has 0 unspecified atom stereocenters. The van der Waals surface area contributed by atoms with E-state index in [2.05, 4.69) is 493 Å². The molecule has 0 aliphatic heterocycles. The predicted molar refractivity (Wildman–Crippen MR) is 649 cm³/mol. The van der Waals surface area contributed by atoms with Crippen LogP contribution in [-0.4, -0.2) is 36.0 Å². The molecule has 7 heteroatoms. The molecule has 0 aliphatic carbocycles. The van der Waals surface area contributed by atoms with Crippen molar-refractivity contribution in [1.82, 2.24) is 10.2 Å². The van der Waals surface area contributed by atoms with E-state index >= 15 is 4.79 Å². The average molecular weight is 2010 g/mol. The molecule has 0 saturated carbocycles. The second-order valence-corrected chi connectivity index (χ2v) is 48.3. The molecular weight excluding hydrogens is 1840 g/mol. The fraction of sp³-hybridized carbons (Fsp3) is 0.357. The lowest BCUT2D eigenvalue weighted by atomic mass is 9.79. The van der Waals surface area contributed by atoms with Crippen LogP contribution < -0.4 is 10.2 Å². The van der Waals surface area contributed by atoms with Crippen molar-refractivity contribution < 1.29 is 19.5 Å². The van der Waals surface area contributed by atoms with Gasteiger partial charge in [-0.1, -0.05) is 379 Å². The van der Waals surface area contributed by atoms with E-state index in [1.54, 1.807) is 0 Å². The topological polar surface area (TPSA) is 87.7 Å². The maximum absolute atomic E-state index is 16.7. The smallest absolute Gasteiger partial charge is 0.329 e. The highest BCUT2D eigenvalue weighted by atomic mass is 32.2. The molecule has 0 bridgehead atoms. The number of ether oxygens (including phenoxy) is 1. The molecule has 150 heavy (non-hydrogen) atoms. The molecule has 15 rings (SSSR count). The molecular formula is C143H166N2O4S. The summed E-state index contributed by atoms with van der Waals surface area (Å²) in [7, 11) is 1.34. The number of carbonyl (C=O) groups is 2. The Bertz CT molecular complexity index is 6120. The molecule has 0 saturated heterocycles. The van der Waals surface area contributed by atoms with Gasteiger partial charge >= 0.3 is 5.97 Å². The molecule has 1 amide bonds. The van der Waals surface area contributed by atoms with E-state index in [4.69, 9.17) is 4.74 Å². The van der Waals surface area contributed by atoms with E-state index in [0.29, 0.717) is 5.56 Å². The summed E-state index contributed by atoms with van der Waals surface area (Å²) >= 11 is 0.913.